The first-order valence-electron chi connectivity index (χ1n) is 11.9. The van der Waals surface area contributed by atoms with Crippen molar-refractivity contribution in [3.8, 4) is 0 Å². The van der Waals surface area contributed by atoms with E-state index in [-0.39, 0.29) is 41.6 Å². The van der Waals surface area contributed by atoms with Gasteiger partial charge in [0.05, 0.1) is 24.1 Å². The molecule has 2 N–H and O–H groups in total. The van der Waals surface area contributed by atoms with Gasteiger partial charge in [0.2, 0.25) is 5.82 Å². The van der Waals surface area contributed by atoms with Crippen molar-refractivity contribution in [2.45, 2.75) is 32.7 Å². The molecular weight excluding hydrogens is 462 g/mol. The molecule has 3 amide bonds. The Morgan fingerprint density at radius 1 is 1.00 bits per heavy atom. The van der Waals surface area contributed by atoms with E-state index in [4.69, 9.17) is 4.74 Å². The Bertz CT molecular complexity index is 1360. The second-order valence-corrected chi connectivity index (χ2v) is 8.69. The van der Waals surface area contributed by atoms with Crippen LogP contribution in [0.15, 0.2) is 47.3 Å². The van der Waals surface area contributed by atoms with Crippen LogP contribution in [0.5, 0.6) is 0 Å². The number of hydrogen-bond acceptors (Lipinski definition) is 6. The molecule has 0 aliphatic carbocycles. The van der Waals surface area contributed by atoms with Gasteiger partial charge in [-0.15, -0.1) is 0 Å². The maximum absolute atomic E-state index is 13.4. The number of carbonyl (C=O) groups excluding carboxylic acids is 3. The van der Waals surface area contributed by atoms with Gasteiger partial charge in [-0.2, -0.15) is 0 Å². The maximum atomic E-state index is 13.4. The average Bonchev–Trinajstić information content (AvgIpc) is 2.88. The highest BCUT2D eigenvalue weighted by atomic mass is 16.5. The molecule has 1 aliphatic rings. The quantitative estimate of drug-likeness (QED) is 0.488. The summed E-state index contributed by atoms with van der Waals surface area (Å²) in [7, 11) is 1.53. The molecule has 188 valence electrons. The zero-order chi connectivity index (χ0) is 25.7. The molecule has 1 aliphatic heterocycles. The fraction of sp³-hybridized carbons (Fsp3) is 0.346. The summed E-state index contributed by atoms with van der Waals surface area (Å²) >= 11 is 0. The molecule has 3 aromatic rings. The van der Waals surface area contributed by atoms with Gasteiger partial charge in [-0.25, -0.2) is 9.78 Å². The van der Waals surface area contributed by atoms with Gasteiger partial charge in [-0.3, -0.25) is 19.0 Å². The second kappa shape index (κ2) is 11.1. The Morgan fingerprint density at radius 3 is 2.42 bits per heavy atom. The van der Waals surface area contributed by atoms with Crippen LogP contribution in [-0.2, 0) is 11.3 Å². The molecule has 0 saturated carbocycles. The lowest BCUT2D eigenvalue weighted by atomic mass is 10.1. The van der Waals surface area contributed by atoms with Crippen molar-refractivity contribution in [3.05, 3.63) is 64.2 Å². The topological polar surface area (TPSA) is 123 Å². The summed E-state index contributed by atoms with van der Waals surface area (Å²) in [6.45, 7) is 3.16. The van der Waals surface area contributed by atoms with Crippen LogP contribution < -0.4 is 16.2 Å². The predicted molar refractivity (Wildman–Crippen MR) is 137 cm³/mol. The number of nitrogens with one attached hydrogen (secondary N) is 2. The van der Waals surface area contributed by atoms with Crippen LogP contribution in [0.2, 0.25) is 0 Å². The number of anilines is 2. The Kier molecular flexibility index (Phi) is 7.74. The van der Waals surface area contributed by atoms with E-state index in [1.165, 1.54) is 24.7 Å². The van der Waals surface area contributed by atoms with Crippen molar-refractivity contribution in [1.29, 1.82) is 0 Å². The fourth-order valence-corrected chi connectivity index (χ4v) is 4.20. The summed E-state index contributed by atoms with van der Waals surface area (Å²) in [5.74, 6) is -0.279. The number of ether oxygens (including phenoxy) is 1. The first-order valence-corrected chi connectivity index (χ1v) is 11.9. The Morgan fingerprint density at radius 2 is 1.72 bits per heavy atom. The van der Waals surface area contributed by atoms with Gasteiger partial charge in [0, 0.05) is 37.1 Å². The van der Waals surface area contributed by atoms with Crippen molar-refractivity contribution < 1.29 is 19.1 Å². The molecule has 2 heterocycles. The maximum Gasteiger partial charge on any atom is 0.323 e. The Hall–Kier alpha value is -4.05. The third kappa shape index (κ3) is 5.60. The van der Waals surface area contributed by atoms with Crippen molar-refractivity contribution in [2.75, 3.05) is 37.4 Å². The van der Waals surface area contributed by atoms with E-state index in [0.717, 1.165) is 19.3 Å². The summed E-state index contributed by atoms with van der Waals surface area (Å²) in [6, 6.07) is 10.8. The normalized spacial score (nSPS) is 13.4. The molecule has 1 fully saturated rings. The number of aromatic nitrogens is 2. The van der Waals surface area contributed by atoms with Gasteiger partial charge in [0.1, 0.15) is 0 Å². The van der Waals surface area contributed by atoms with Gasteiger partial charge in [0.25, 0.3) is 11.5 Å². The molecule has 2 aromatic carbocycles. The number of piperidine rings is 1. The molecular formula is C26H29N5O5. The second-order valence-electron chi connectivity index (χ2n) is 8.69. The number of methoxy groups -OCH3 is 1. The fourth-order valence-electron chi connectivity index (χ4n) is 4.20. The molecule has 10 heteroatoms. The molecule has 0 unspecified atom stereocenters. The number of rotatable bonds is 7. The molecule has 1 aromatic heterocycles. The van der Waals surface area contributed by atoms with Crippen molar-refractivity contribution >= 4 is 40.0 Å². The van der Waals surface area contributed by atoms with Crippen LogP contribution in [0, 0.1) is 0 Å². The number of carbonyl (C=O) groups is 3. The van der Waals surface area contributed by atoms with Gasteiger partial charge < -0.3 is 20.3 Å². The van der Waals surface area contributed by atoms with Gasteiger partial charge in [-0.1, -0.05) is 12.1 Å². The van der Waals surface area contributed by atoms with E-state index >= 15 is 0 Å². The molecule has 0 radical (unpaired) electrons. The van der Waals surface area contributed by atoms with Crippen LogP contribution in [0.1, 0.15) is 47.2 Å². The minimum atomic E-state index is -0.528. The number of ketones is 1. The van der Waals surface area contributed by atoms with E-state index in [0.29, 0.717) is 35.5 Å². The van der Waals surface area contributed by atoms with Crippen molar-refractivity contribution in [2.24, 2.45) is 0 Å². The zero-order valence-corrected chi connectivity index (χ0v) is 20.4. The molecule has 4 rings (SSSR count). The van der Waals surface area contributed by atoms with Gasteiger partial charge in [0.15, 0.2) is 5.78 Å². The SMILES string of the molecule is COCCn1c(C(=O)N2CCCCC2)nc2ccc(NC(=O)Nc3cccc(C(C)=O)c3)cc2c1=O. The van der Waals surface area contributed by atoms with E-state index in [1.807, 2.05) is 0 Å². The molecule has 10 nitrogen and oxygen atoms in total. The van der Waals surface area contributed by atoms with Crippen molar-refractivity contribution in [1.82, 2.24) is 14.5 Å². The number of hydrogen-bond donors (Lipinski definition) is 2. The number of benzene rings is 2. The Labute approximate surface area is 208 Å². The highest BCUT2D eigenvalue weighted by Gasteiger charge is 2.24. The van der Waals surface area contributed by atoms with Gasteiger partial charge >= 0.3 is 6.03 Å². The molecule has 0 atom stereocenters. The average molecular weight is 492 g/mol. The molecule has 0 bridgehead atoms. The first-order chi connectivity index (χ1) is 17.4. The smallest absolute Gasteiger partial charge is 0.323 e. The van der Waals surface area contributed by atoms with Crippen LogP contribution in [0.3, 0.4) is 0 Å². The van der Waals surface area contributed by atoms with Crippen LogP contribution in [0.4, 0.5) is 16.2 Å². The standard InChI is InChI=1S/C26H29N5O5/c1-17(32)18-7-6-8-19(15-18)27-26(35)28-20-9-10-22-21(16-20)24(33)31(13-14-36-2)23(29-22)25(34)30-11-4-3-5-12-30/h6-10,15-16H,3-5,11-14H2,1-2H3,(H2,27,28,35). The lowest BCUT2D eigenvalue weighted by molar-refractivity contribution is 0.0701. The highest BCUT2D eigenvalue weighted by molar-refractivity contribution is 6.02. The summed E-state index contributed by atoms with van der Waals surface area (Å²) in [4.78, 5) is 57.0. The minimum Gasteiger partial charge on any atom is -0.383 e. The van der Waals surface area contributed by atoms with Crippen LogP contribution in [0.25, 0.3) is 10.9 Å². The molecule has 36 heavy (non-hydrogen) atoms. The lowest BCUT2D eigenvalue weighted by Gasteiger charge is -2.27. The predicted octanol–water partition coefficient (Wildman–Crippen LogP) is 3.52. The van der Waals surface area contributed by atoms with E-state index < -0.39 is 6.03 Å². The minimum absolute atomic E-state index is 0.0928. The summed E-state index contributed by atoms with van der Waals surface area (Å²) in [6.07, 6.45) is 2.94. The number of urea groups is 1. The molecule has 0 spiro atoms. The summed E-state index contributed by atoms with van der Waals surface area (Å²) < 4.78 is 6.50. The largest absolute Gasteiger partial charge is 0.383 e. The van der Waals surface area contributed by atoms with E-state index in [1.54, 1.807) is 41.3 Å². The number of nitrogens with zero attached hydrogens (tertiary/aromatic N) is 3. The highest BCUT2D eigenvalue weighted by Crippen LogP contribution is 2.19. The first kappa shape index (κ1) is 25.1. The van der Waals surface area contributed by atoms with Crippen molar-refractivity contribution in [3.63, 3.8) is 0 Å². The van der Waals surface area contributed by atoms with Crippen LogP contribution >= 0.6 is 0 Å². The monoisotopic (exact) mass is 491 g/mol. The van der Waals surface area contributed by atoms with Gasteiger partial charge in [-0.05, 0) is 56.5 Å². The number of amides is 3. The number of fused-ring (bicyclic) bond motifs is 1. The summed E-state index contributed by atoms with van der Waals surface area (Å²) in [5.41, 5.74) is 1.32. The van der Waals surface area contributed by atoms with Crippen LogP contribution in [-0.4, -0.2) is 59.0 Å². The third-order valence-electron chi connectivity index (χ3n) is 6.09. The zero-order valence-electron chi connectivity index (χ0n) is 20.4. The lowest BCUT2D eigenvalue weighted by Crippen LogP contribution is -2.40. The summed E-state index contributed by atoms with van der Waals surface area (Å²) in [5, 5.41) is 5.66. The van der Waals surface area contributed by atoms with E-state index in [2.05, 4.69) is 15.6 Å². The van der Waals surface area contributed by atoms with E-state index in [9.17, 15) is 19.2 Å². The Balaban J connectivity index is 1.61. The molecule has 1 saturated heterocycles. The number of Topliss-reactive ketones (excluding diaryl/α,β-unsaturated/α-hetero) is 1. The third-order valence-corrected chi connectivity index (χ3v) is 6.09. The number of likely N-dealkylation sites (tertiary alicyclic amines) is 1.